The summed E-state index contributed by atoms with van der Waals surface area (Å²) < 4.78 is 6.34. The Bertz CT molecular complexity index is 608. The van der Waals surface area contributed by atoms with Crippen molar-refractivity contribution in [1.82, 2.24) is 19.6 Å². The minimum Gasteiger partial charge on any atom is -0.450 e. The number of nitro groups is 1. The first kappa shape index (κ1) is 17.7. The van der Waals surface area contributed by atoms with E-state index < -0.39 is 4.92 Å². The zero-order valence-corrected chi connectivity index (χ0v) is 13.8. The van der Waals surface area contributed by atoms with Crippen LogP contribution >= 0.6 is 0 Å². The van der Waals surface area contributed by atoms with Gasteiger partial charge in [0.05, 0.1) is 24.0 Å². The Labute approximate surface area is 139 Å². The number of amides is 2. The monoisotopic (exact) mass is 339 g/mol. The molecular weight excluding hydrogens is 318 g/mol. The van der Waals surface area contributed by atoms with Crippen molar-refractivity contribution < 1.29 is 19.2 Å². The van der Waals surface area contributed by atoms with Crippen LogP contribution in [0.1, 0.15) is 13.8 Å². The molecule has 10 nitrogen and oxygen atoms in total. The number of hydrogen-bond donors (Lipinski definition) is 0. The number of nitrogens with zero attached hydrogens (tertiary/aromatic N) is 5. The number of piperazine rings is 1. The van der Waals surface area contributed by atoms with E-state index in [4.69, 9.17) is 4.74 Å². The second kappa shape index (κ2) is 7.75. The fourth-order valence-corrected chi connectivity index (χ4v) is 2.54. The van der Waals surface area contributed by atoms with E-state index >= 15 is 0 Å². The minimum absolute atomic E-state index is 0.0586. The van der Waals surface area contributed by atoms with Crippen LogP contribution in [0.25, 0.3) is 0 Å². The van der Waals surface area contributed by atoms with E-state index in [1.165, 1.54) is 10.9 Å². The summed E-state index contributed by atoms with van der Waals surface area (Å²) in [5.74, 6) is -0.421. The van der Waals surface area contributed by atoms with Gasteiger partial charge in [0.25, 0.3) is 0 Å². The molecule has 1 aromatic rings. The zero-order chi connectivity index (χ0) is 17.7. The van der Waals surface area contributed by atoms with Crippen LogP contribution in [-0.4, -0.2) is 69.3 Å². The molecule has 1 aliphatic heterocycles. The first-order valence-corrected chi connectivity index (χ1v) is 7.79. The third-order valence-corrected chi connectivity index (χ3v) is 3.83. The van der Waals surface area contributed by atoms with Crippen LogP contribution in [-0.2, 0) is 16.1 Å². The quantitative estimate of drug-likeness (QED) is 0.577. The average Bonchev–Trinajstić information content (AvgIpc) is 3.03. The Morgan fingerprint density at radius 3 is 2.50 bits per heavy atom. The molecule has 2 rings (SSSR count). The number of carbonyl (C=O) groups is 2. The molecule has 132 valence electrons. The van der Waals surface area contributed by atoms with Gasteiger partial charge in [-0.1, -0.05) is 6.92 Å². The van der Waals surface area contributed by atoms with Gasteiger partial charge in [-0.3, -0.25) is 19.6 Å². The van der Waals surface area contributed by atoms with Crippen LogP contribution in [0.3, 0.4) is 0 Å². The van der Waals surface area contributed by atoms with Crippen LogP contribution < -0.4 is 0 Å². The molecule has 0 aliphatic carbocycles. The Morgan fingerprint density at radius 2 is 1.96 bits per heavy atom. The van der Waals surface area contributed by atoms with Crippen molar-refractivity contribution in [3.63, 3.8) is 0 Å². The van der Waals surface area contributed by atoms with E-state index in [2.05, 4.69) is 5.10 Å². The predicted octanol–water partition coefficient (Wildman–Crippen LogP) is 0.728. The molecule has 1 aliphatic rings. The molecule has 1 unspecified atom stereocenters. The van der Waals surface area contributed by atoms with Crippen molar-refractivity contribution in [2.75, 3.05) is 32.8 Å². The van der Waals surface area contributed by atoms with Gasteiger partial charge in [-0.2, -0.15) is 5.10 Å². The molecule has 0 spiro atoms. The highest BCUT2D eigenvalue weighted by atomic mass is 16.6. The summed E-state index contributed by atoms with van der Waals surface area (Å²) in [6.45, 7) is 5.86. The van der Waals surface area contributed by atoms with Crippen molar-refractivity contribution in [1.29, 1.82) is 0 Å². The summed E-state index contributed by atoms with van der Waals surface area (Å²) >= 11 is 0. The summed E-state index contributed by atoms with van der Waals surface area (Å²) in [4.78, 5) is 37.5. The largest absolute Gasteiger partial charge is 0.450 e. The van der Waals surface area contributed by atoms with Gasteiger partial charge in [-0.05, 0) is 6.92 Å². The van der Waals surface area contributed by atoms with E-state index in [9.17, 15) is 19.7 Å². The molecule has 2 heterocycles. The molecule has 0 bridgehead atoms. The van der Waals surface area contributed by atoms with E-state index in [0.717, 1.165) is 6.20 Å². The molecule has 1 fully saturated rings. The van der Waals surface area contributed by atoms with Crippen LogP contribution in [0.15, 0.2) is 12.4 Å². The second-order valence-electron chi connectivity index (χ2n) is 5.59. The van der Waals surface area contributed by atoms with E-state index in [1.807, 2.05) is 0 Å². The summed E-state index contributed by atoms with van der Waals surface area (Å²) in [5, 5.41) is 14.5. The lowest BCUT2D eigenvalue weighted by Gasteiger charge is -2.35. The summed E-state index contributed by atoms with van der Waals surface area (Å²) in [7, 11) is 0. The van der Waals surface area contributed by atoms with Gasteiger partial charge in [-0.25, -0.2) is 4.79 Å². The second-order valence-corrected chi connectivity index (χ2v) is 5.59. The van der Waals surface area contributed by atoms with Gasteiger partial charge in [-0.15, -0.1) is 0 Å². The summed E-state index contributed by atoms with van der Waals surface area (Å²) in [6, 6.07) is 0. The van der Waals surface area contributed by atoms with Gasteiger partial charge in [0, 0.05) is 26.2 Å². The molecule has 10 heteroatoms. The first-order valence-electron chi connectivity index (χ1n) is 7.79. The Balaban J connectivity index is 1.85. The maximum absolute atomic E-state index is 12.5. The molecule has 0 aromatic carbocycles. The Kier molecular flexibility index (Phi) is 5.72. The fourth-order valence-electron chi connectivity index (χ4n) is 2.54. The average molecular weight is 339 g/mol. The SMILES string of the molecule is CCOC(=O)N1CCN(C(=O)C(C)Cn2cc([N+](=O)[O-])cn2)CC1. The lowest BCUT2D eigenvalue weighted by molar-refractivity contribution is -0.385. The van der Waals surface area contributed by atoms with Crippen molar-refractivity contribution in [3.05, 3.63) is 22.5 Å². The highest BCUT2D eigenvalue weighted by Gasteiger charge is 2.27. The minimum atomic E-state index is -0.523. The first-order chi connectivity index (χ1) is 11.4. The lowest BCUT2D eigenvalue weighted by atomic mass is 10.1. The number of aromatic nitrogens is 2. The van der Waals surface area contributed by atoms with Gasteiger partial charge < -0.3 is 14.5 Å². The predicted molar refractivity (Wildman–Crippen MR) is 83.2 cm³/mol. The molecule has 2 amide bonds. The third-order valence-electron chi connectivity index (χ3n) is 3.83. The lowest BCUT2D eigenvalue weighted by Crippen LogP contribution is -2.52. The van der Waals surface area contributed by atoms with E-state index in [0.29, 0.717) is 32.8 Å². The summed E-state index contributed by atoms with van der Waals surface area (Å²) in [6.07, 6.45) is 2.11. The van der Waals surface area contributed by atoms with Gasteiger partial charge in [0.15, 0.2) is 0 Å². The van der Waals surface area contributed by atoms with Gasteiger partial charge in [0.1, 0.15) is 12.4 Å². The third kappa shape index (κ3) is 4.21. The number of carbonyl (C=O) groups excluding carboxylic acids is 2. The topological polar surface area (TPSA) is 111 Å². The smallest absolute Gasteiger partial charge is 0.409 e. The molecule has 0 N–H and O–H groups in total. The molecule has 0 saturated carbocycles. The maximum atomic E-state index is 12.5. The number of hydrogen-bond acceptors (Lipinski definition) is 6. The molecular formula is C14H21N5O5. The fraction of sp³-hybridized carbons (Fsp3) is 0.643. The highest BCUT2D eigenvalue weighted by molar-refractivity contribution is 5.79. The van der Waals surface area contributed by atoms with E-state index in [-0.39, 0.29) is 30.2 Å². The summed E-state index contributed by atoms with van der Waals surface area (Å²) in [5.41, 5.74) is -0.0994. The molecule has 1 saturated heterocycles. The molecule has 1 atom stereocenters. The van der Waals surface area contributed by atoms with E-state index in [1.54, 1.807) is 23.6 Å². The van der Waals surface area contributed by atoms with Crippen molar-refractivity contribution in [3.8, 4) is 0 Å². The normalized spacial score (nSPS) is 15.9. The molecule has 0 radical (unpaired) electrons. The Morgan fingerprint density at radius 1 is 1.33 bits per heavy atom. The maximum Gasteiger partial charge on any atom is 0.409 e. The van der Waals surface area contributed by atoms with Crippen LogP contribution in [0, 0.1) is 16.0 Å². The van der Waals surface area contributed by atoms with Crippen LogP contribution in [0.4, 0.5) is 10.5 Å². The Hall–Kier alpha value is -2.65. The van der Waals surface area contributed by atoms with Crippen LogP contribution in [0.2, 0.25) is 0 Å². The van der Waals surface area contributed by atoms with Crippen molar-refractivity contribution >= 4 is 17.7 Å². The molecule has 1 aromatic heterocycles. The van der Waals surface area contributed by atoms with Gasteiger partial charge >= 0.3 is 11.8 Å². The van der Waals surface area contributed by atoms with Crippen LogP contribution in [0.5, 0.6) is 0 Å². The molecule has 24 heavy (non-hydrogen) atoms. The number of ether oxygens (including phenoxy) is 1. The zero-order valence-electron chi connectivity index (χ0n) is 13.8. The highest BCUT2D eigenvalue weighted by Crippen LogP contribution is 2.13. The van der Waals surface area contributed by atoms with Gasteiger partial charge in [0.2, 0.25) is 5.91 Å². The van der Waals surface area contributed by atoms with Crippen molar-refractivity contribution in [2.45, 2.75) is 20.4 Å². The van der Waals surface area contributed by atoms with Crippen molar-refractivity contribution in [2.24, 2.45) is 5.92 Å². The number of rotatable bonds is 5. The standard InChI is InChI=1S/C14H21N5O5/c1-3-24-14(21)17-6-4-16(5-7-17)13(20)11(2)9-18-10-12(8-15-18)19(22)23/h8,10-11H,3-7,9H2,1-2H3.